The van der Waals surface area contributed by atoms with E-state index in [0.29, 0.717) is 17.3 Å². The molecule has 0 saturated carbocycles. The van der Waals surface area contributed by atoms with Crippen LogP contribution in [0.15, 0.2) is 12.1 Å². The molecular weight excluding hydrogens is 269 g/mol. The minimum Gasteiger partial charge on any atom is -0.488 e. The van der Waals surface area contributed by atoms with Crippen LogP contribution in [0.5, 0.6) is 5.75 Å². The number of nitrogens with one attached hydrogen (secondary N) is 1. The van der Waals surface area contributed by atoms with Gasteiger partial charge in [-0.15, -0.1) is 0 Å². The summed E-state index contributed by atoms with van der Waals surface area (Å²) < 4.78 is 19.3. The molecule has 0 heterocycles. The van der Waals surface area contributed by atoms with E-state index in [9.17, 15) is 4.39 Å². The van der Waals surface area contributed by atoms with E-state index in [2.05, 4.69) is 24.1 Å². The summed E-state index contributed by atoms with van der Waals surface area (Å²) in [5, 5.41) is 3.41. The molecule has 1 unspecified atom stereocenters. The van der Waals surface area contributed by atoms with Crippen molar-refractivity contribution in [3.8, 4) is 5.75 Å². The van der Waals surface area contributed by atoms with Gasteiger partial charge in [0, 0.05) is 24.7 Å². The largest absolute Gasteiger partial charge is 0.488 e. The van der Waals surface area contributed by atoms with E-state index >= 15 is 0 Å². The Morgan fingerprint density at radius 2 is 1.86 bits per heavy atom. The molecule has 0 spiro atoms. The molecule has 1 aromatic carbocycles. The Balaban J connectivity index is 2.99. The third-order valence-corrected chi connectivity index (χ3v) is 3.17. The highest BCUT2D eigenvalue weighted by molar-refractivity contribution is 5.69. The highest BCUT2D eigenvalue weighted by Crippen LogP contribution is 2.30. The molecule has 0 radical (unpaired) electrons. The number of ether oxygens (including phenoxy) is 1. The molecule has 4 nitrogen and oxygen atoms in total. The van der Waals surface area contributed by atoms with Crippen LogP contribution in [0.1, 0.15) is 27.7 Å². The third-order valence-electron chi connectivity index (χ3n) is 3.17. The topological polar surface area (TPSA) is 50.5 Å². The van der Waals surface area contributed by atoms with Gasteiger partial charge in [-0.25, -0.2) is 4.39 Å². The van der Waals surface area contributed by atoms with Gasteiger partial charge in [0.25, 0.3) is 0 Å². The lowest BCUT2D eigenvalue weighted by molar-refractivity contribution is 0.231. The summed E-state index contributed by atoms with van der Waals surface area (Å²) in [5.74, 6) is 0.223. The first kappa shape index (κ1) is 17.6. The van der Waals surface area contributed by atoms with Crippen LogP contribution in [0.4, 0.5) is 15.8 Å². The lowest BCUT2D eigenvalue weighted by atomic mass is 10.0. The van der Waals surface area contributed by atoms with Gasteiger partial charge >= 0.3 is 0 Å². The second-order valence-electron chi connectivity index (χ2n) is 6.29. The van der Waals surface area contributed by atoms with E-state index in [1.165, 1.54) is 6.07 Å². The highest BCUT2D eigenvalue weighted by atomic mass is 19.1. The van der Waals surface area contributed by atoms with Gasteiger partial charge in [-0.2, -0.15) is 0 Å². The molecule has 1 atom stereocenters. The molecule has 120 valence electrons. The van der Waals surface area contributed by atoms with Gasteiger partial charge in [0.15, 0.2) is 11.6 Å². The summed E-state index contributed by atoms with van der Waals surface area (Å²) in [6, 6.07) is 3.18. The molecular formula is C16H28FN3O. The maximum atomic E-state index is 13.9. The van der Waals surface area contributed by atoms with Crippen LogP contribution in [0.2, 0.25) is 0 Å². The van der Waals surface area contributed by atoms with Crippen molar-refractivity contribution in [2.24, 2.45) is 5.92 Å². The fourth-order valence-corrected chi connectivity index (χ4v) is 2.05. The first-order valence-electron chi connectivity index (χ1n) is 7.37. The Labute approximate surface area is 127 Å². The minimum atomic E-state index is -0.430. The SMILES string of the molecule is CC(C)Oc1cc(NC(CN(C)C)C(C)C)c(N)cc1F. The van der Waals surface area contributed by atoms with Crippen molar-refractivity contribution in [1.29, 1.82) is 0 Å². The summed E-state index contributed by atoms with van der Waals surface area (Å²) in [5.41, 5.74) is 7.04. The van der Waals surface area contributed by atoms with E-state index in [0.717, 1.165) is 6.54 Å². The Hall–Kier alpha value is -1.49. The van der Waals surface area contributed by atoms with Crippen molar-refractivity contribution >= 4 is 11.4 Å². The summed E-state index contributed by atoms with van der Waals surface area (Å²) in [6.45, 7) is 8.89. The van der Waals surface area contributed by atoms with Crippen molar-refractivity contribution in [2.75, 3.05) is 31.7 Å². The summed E-state index contributed by atoms with van der Waals surface area (Å²) >= 11 is 0. The zero-order chi connectivity index (χ0) is 16.2. The second-order valence-corrected chi connectivity index (χ2v) is 6.29. The van der Waals surface area contributed by atoms with Gasteiger partial charge in [-0.3, -0.25) is 0 Å². The summed E-state index contributed by atoms with van der Waals surface area (Å²) in [4.78, 5) is 2.11. The predicted octanol–water partition coefficient (Wildman–Crippen LogP) is 3.19. The standard InChI is InChI=1S/C16H28FN3O/c1-10(2)15(9-20(5)6)19-14-8-16(21-11(3)4)12(17)7-13(14)18/h7-8,10-11,15,19H,9,18H2,1-6H3. The lowest BCUT2D eigenvalue weighted by Crippen LogP contribution is -2.36. The molecule has 0 aliphatic heterocycles. The lowest BCUT2D eigenvalue weighted by Gasteiger charge is -2.27. The van der Waals surface area contributed by atoms with Gasteiger partial charge in [0.05, 0.1) is 17.5 Å². The maximum Gasteiger partial charge on any atom is 0.167 e. The average Bonchev–Trinajstić information content (AvgIpc) is 2.32. The molecule has 0 aliphatic rings. The molecule has 3 N–H and O–H groups in total. The van der Waals surface area contributed by atoms with E-state index in [1.54, 1.807) is 6.07 Å². The van der Waals surface area contributed by atoms with Gasteiger partial charge in [-0.05, 0) is 33.9 Å². The smallest absolute Gasteiger partial charge is 0.167 e. The molecule has 0 amide bonds. The molecule has 21 heavy (non-hydrogen) atoms. The number of halogens is 1. The molecule has 0 saturated heterocycles. The number of anilines is 2. The number of nitrogens with two attached hydrogens (primary N) is 1. The number of nitrogen functional groups attached to an aromatic ring is 1. The predicted molar refractivity (Wildman–Crippen MR) is 87.4 cm³/mol. The van der Waals surface area contributed by atoms with Crippen molar-refractivity contribution in [2.45, 2.75) is 39.8 Å². The van der Waals surface area contributed by atoms with E-state index in [4.69, 9.17) is 10.5 Å². The molecule has 0 aliphatic carbocycles. The molecule has 1 rings (SSSR count). The third kappa shape index (κ3) is 5.42. The molecule has 0 aromatic heterocycles. The summed E-state index contributed by atoms with van der Waals surface area (Å²) in [6.07, 6.45) is -0.0846. The van der Waals surface area contributed by atoms with Crippen molar-refractivity contribution in [3.63, 3.8) is 0 Å². The number of hydrogen-bond donors (Lipinski definition) is 2. The minimum absolute atomic E-state index is 0.0846. The number of likely N-dealkylation sites (N-methyl/N-ethyl adjacent to an activating group) is 1. The van der Waals surface area contributed by atoms with E-state index in [-0.39, 0.29) is 17.9 Å². The average molecular weight is 297 g/mol. The Kier molecular flexibility index (Phi) is 6.27. The van der Waals surface area contributed by atoms with Gasteiger partial charge in [-0.1, -0.05) is 13.8 Å². The van der Waals surface area contributed by atoms with Gasteiger partial charge in [0.2, 0.25) is 0 Å². The van der Waals surface area contributed by atoms with Crippen LogP contribution in [-0.2, 0) is 0 Å². The molecule has 0 fully saturated rings. The van der Waals surface area contributed by atoms with E-state index in [1.807, 2.05) is 27.9 Å². The van der Waals surface area contributed by atoms with Crippen LogP contribution in [0.3, 0.4) is 0 Å². The number of rotatable bonds is 7. The van der Waals surface area contributed by atoms with Crippen molar-refractivity contribution < 1.29 is 9.13 Å². The molecule has 5 heteroatoms. The Bertz CT molecular complexity index is 461. The van der Waals surface area contributed by atoms with Crippen LogP contribution < -0.4 is 15.8 Å². The van der Waals surface area contributed by atoms with Crippen LogP contribution >= 0.6 is 0 Å². The Morgan fingerprint density at radius 3 is 2.33 bits per heavy atom. The van der Waals surface area contributed by atoms with Crippen LogP contribution in [-0.4, -0.2) is 37.7 Å². The summed E-state index contributed by atoms with van der Waals surface area (Å²) in [7, 11) is 4.05. The normalized spacial score (nSPS) is 13.0. The molecule has 0 bridgehead atoms. The second kappa shape index (κ2) is 7.50. The van der Waals surface area contributed by atoms with Crippen molar-refractivity contribution in [1.82, 2.24) is 4.90 Å². The van der Waals surface area contributed by atoms with Crippen LogP contribution in [0.25, 0.3) is 0 Å². The monoisotopic (exact) mass is 297 g/mol. The fourth-order valence-electron chi connectivity index (χ4n) is 2.05. The zero-order valence-electron chi connectivity index (χ0n) is 13.9. The van der Waals surface area contributed by atoms with Gasteiger partial charge < -0.3 is 20.7 Å². The molecule has 1 aromatic rings. The number of benzene rings is 1. The quantitative estimate of drug-likeness (QED) is 0.759. The Morgan fingerprint density at radius 1 is 1.24 bits per heavy atom. The van der Waals surface area contributed by atoms with Crippen LogP contribution in [0, 0.1) is 11.7 Å². The van der Waals surface area contributed by atoms with E-state index < -0.39 is 5.82 Å². The maximum absolute atomic E-state index is 13.9. The first-order valence-corrected chi connectivity index (χ1v) is 7.37. The highest BCUT2D eigenvalue weighted by Gasteiger charge is 2.17. The number of hydrogen-bond acceptors (Lipinski definition) is 4. The van der Waals surface area contributed by atoms with Crippen molar-refractivity contribution in [3.05, 3.63) is 17.9 Å². The zero-order valence-corrected chi connectivity index (χ0v) is 13.9. The first-order chi connectivity index (χ1) is 9.70. The fraction of sp³-hybridized carbons (Fsp3) is 0.625. The van der Waals surface area contributed by atoms with Gasteiger partial charge in [0.1, 0.15) is 0 Å². The number of nitrogens with zero attached hydrogens (tertiary/aromatic N) is 1.